The summed E-state index contributed by atoms with van der Waals surface area (Å²) in [6.45, 7) is 0. The molecule has 1 heterocycles. The van der Waals surface area contributed by atoms with Crippen molar-refractivity contribution in [3.63, 3.8) is 0 Å². The summed E-state index contributed by atoms with van der Waals surface area (Å²) in [6.07, 6.45) is 6.23. The van der Waals surface area contributed by atoms with Gasteiger partial charge in [0.05, 0.1) is 5.56 Å². The van der Waals surface area contributed by atoms with E-state index in [-0.39, 0.29) is 5.91 Å². The number of nitrogens with one attached hydrogen (secondary N) is 1. The summed E-state index contributed by atoms with van der Waals surface area (Å²) in [4.78, 5) is 12.2. The molecule has 1 amide bonds. The number of hydrogen-bond donors (Lipinski definition) is 1. The first kappa shape index (κ1) is 14.7. The molecule has 1 N–H and O–H groups in total. The molecule has 0 saturated heterocycles. The van der Waals surface area contributed by atoms with E-state index in [4.69, 9.17) is 0 Å². The molecular weight excluding hydrogens is 350 g/mol. The van der Waals surface area contributed by atoms with Crippen molar-refractivity contribution in [2.75, 3.05) is 5.32 Å². The van der Waals surface area contributed by atoms with Crippen molar-refractivity contribution in [1.82, 2.24) is 10.2 Å². The fraction of sp³-hybridized carbons (Fsp3) is 0.400. The number of carbonyl (C=O) groups excluding carboxylic acids is 1. The van der Waals surface area contributed by atoms with Gasteiger partial charge in [0.1, 0.15) is 5.01 Å². The number of carbonyl (C=O) groups is 1. The number of aromatic nitrogens is 2. The third-order valence-corrected chi connectivity index (χ3v) is 5.43. The highest BCUT2D eigenvalue weighted by molar-refractivity contribution is 9.10. The predicted molar refractivity (Wildman–Crippen MR) is 87.8 cm³/mol. The van der Waals surface area contributed by atoms with E-state index in [1.54, 1.807) is 6.07 Å². The molecule has 0 radical (unpaired) electrons. The molecule has 1 fully saturated rings. The molecule has 2 aromatic rings. The Morgan fingerprint density at radius 3 is 2.71 bits per heavy atom. The Hall–Kier alpha value is -1.27. The van der Waals surface area contributed by atoms with E-state index in [1.165, 1.54) is 43.4 Å². The van der Waals surface area contributed by atoms with Gasteiger partial charge < -0.3 is 0 Å². The van der Waals surface area contributed by atoms with Gasteiger partial charge in [-0.3, -0.25) is 10.1 Å². The van der Waals surface area contributed by atoms with Crippen LogP contribution in [0.2, 0.25) is 0 Å². The lowest BCUT2D eigenvalue weighted by molar-refractivity contribution is 0.102. The van der Waals surface area contributed by atoms with Gasteiger partial charge in [-0.1, -0.05) is 42.7 Å². The van der Waals surface area contributed by atoms with Crippen LogP contribution >= 0.6 is 27.3 Å². The van der Waals surface area contributed by atoms with Gasteiger partial charge in [0.15, 0.2) is 0 Å². The molecule has 0 spiro atoms. The van der Waals surface area contributed by atoms with E-state index in [1.807, 2.05) is 18.2 Å². The first-order valence-corrected chi connectivity index (χ1v) is 8.74. The minimum absolute atomic E-state index is 0.159. The molecule has 0 unspecified atom stereocenters. The summed E-state index contributed by atoms with van der Waals surface area (Å²) in [6, 6.07) is 7.35. The third-order valence-electron chi connectivity index (χ3n) is 3.73. The lowest BCUT2D eigenvalue weighted by Gasteiger charge is -2.18. The average molecular weight is 366 g/mol. The van der Waals surface area contributed by atoms with Gasteiger partial charge in [-0.25, -0.2) is 0 Å². The largest absolute Gasteiger partial charge is 0.296 e. The number of nitrogens with zero attached hydrogens (tertiary/aromatic N) is 2. The van der Waals surface area contributed by atoms with Crippen LogP contribution in [0.25, 0.3) is 0 Å². The van der Waals surface area contributed by atoms with Crippen molar-refractivity contribution in [2.45, 2.75) is 38.0 Å². The fourth-order valence-corrected chi connectivity index (χ4v) is 3.98. The van der Waals surface area contributed by atoms with Crippen LogP contribution in [0.15, 0.2) is 28.7 Å². The standard InChI is InChI=1S/C15H16BrN3OS/c16-12-9-5-4-8-11(12)13(20)17-15-19-18-14(21-15)10-6-2-1-3-7-10/h4-5,8-10H,1-3,6-7H2,(H,17,19,20). The molecular formula is C15H16BrN3OS. The van der Waals surface area contributed by atoms with Crippen molar-refractivity contribution in [1.29, 1.82) is 0 Å². The summed E-state index contributed by atoms with van der Waals surface area (Å²) in [5.41, 5.74) is 0.604. The molecule has 1 saturated carbocycles. The summed E-state index contributed by atoms with van der Waals surface area (Å²) >= 11 is 4.88. The van der Waals surface area contributed by atoms with Crippen LogP contribution in [0.4, 0.5) is 5.13 Å². The second kappa shape index (κ2) is 6.66. The molecule has 3 rings (SSSR count). The monoisotopic (exact) mass is 365 g/mol. The molecule has 1 aliphatic carbocycles. The molecule has 1 aromatic heterocycles. The zero-order valence-electron chi connectivity index (χ0n) is 11.5. The van der Waals surface area contributed by atoms with Crippen LogP contribution in [0.5, 0.6) is 0 Å². The van der Waals surface area contributed by atoms with Crippen molar-refractivity contribution < 1.29 is 4.79 Å². The quantitative estimate of drug-likeness (QED) is 0.864. The van der Waals surface area contributed by atoms with E-state index >= 15 is 0 Å². The molecule has 110 valence electrons. The van der Waals surface area contributed by atoms with Crippen LogP contribution < -0.4 is 5.32 Å². The summed E-state index contributed by atoms with van der Waals surface area (Å²) < 4.78 is 0.777. The van der Waals surface area contributed by atoms with Gasteiger partial charge in [0, 0.05) is 10.4 Å². The maximum atomic E-state index is 12.2. The third kappa shape index (κ3) is 3.49. The van der Waals surface area contributed by atoms with E-state index < -0.39 is 0 Å². The highest BCUT2D eigenvalue weighted by atomic mass is 79.9. The van der Waals surface area contributed by atoms with Gasteiger partial charge >= 0.3 is 0 Å². The van der Waals surface area contributed by atoms with Gasteiger partial charge in [0.2, 0.25) is 5.13 Å². The maximum Gasteiger partial charge on any atom is 0.258 e. The SMILES string of the molecule is O=C(Nc1nnc(C2CCCCC2)s1)c1ccccc1Br. The van der Waals surface area contributed by atoms with Gasteiger partial charge in [-0.2, -0.15) is 0 Å². The van der Waals surface area contributed by atoms with Crippen LogP contribution in [0.3, 0.4) is 0 Å². The zero-order valence-corrected chi connectivity index (χ0v) is 13.9. The topological polar surface area (TPSA) is 54.9 Å². The highest BCUT2D eigenvalue weighted by Gasteiger charge is 2.20. The lowest BCUT2D eigenvalue weighted by Crippen LogP contribution is -2.12. The molecule has 4 nitrogen and oxygen atoms in total. The van der Waals surface area contributed by atoms with Crippen molar-refractivity contribution in [2.24, 2.45) is 0 Å². The average Bonchev–Trinajstić information content (AvgIpc) is 2.97. The minimum atomic E-state index is -0.159. The number of halogens is 1. The normalized spacial score (nSPS) is 15.9. The van der Waals surface area contributed by atoms with Crippen LogP contribution in [-0.2, 0) is 0 Å². The van der Waals surface area contributed by atoms with E-state index in [0.717, 1.165) is 9.48 Å². The van der Waals surface area contributed by atoms with Gasteiger partial charge in [-0.15, -0.1) is 10.2 Å². The lowest BCUT2D eigenvalue weighted by atomic mass is 9.90. The Morgan fingerprint density at radius 1 is 1.19 bits per heavy atom. The molecule has 1 aromatic carbocycles. The Balaban J connectivity index is 1.69. The summed E-state index contributed by atoms with van der Waals surface area (Å²) in [7, 11) is 0. The second-order valence-corrected chi connectivity index (χ2v) is 7.08. The van der Waals surface area contributed by atoms with Crippen molar-refractivity contribution >= 4 is 38.3 Å². The molecule has 6 heteroatoms. The number of rotatable bonds is 3. The Morgan fingerprint density at radius 2 is 1.95 bits per heavy atom. The Bertz CT molecular complexity index is 637. The number of hydrogen-bond acceptors (Lipinski definition) is 4. The first-order chi connectivity index (χ1) is 10.2. The number of benzene rings is 1. The number of anilines is 1. The van der Waals surface area contributed by atoms with E-state index in [9.17, 15) is 4.79 Å². The zero-order chi connectivity index (χ0) is 14.7. The predicted octanol–water partition coefficient (Wildman–Crippen LogP) is 4.60. The van der Waals surface area contributed by atoms with Gasteiger partial charge in [-0.05, 0) is 40.9 Å². The van der Waals surface area contributed by atoms with Crippen molar-refractivity contribution in [3.05, 3.63) is 39.3 Å². The Kier molecular flexibility index (Phi) is 4.65. The molecule has 21 heavy (non-hydrogen) atoms. The minimum Gasteiger partial charge on any atom is -0.296 e. The molecule has 0 aliphatic heterocycles. The summed E-state index contributed by atoms with van der Waals surface area (Å²) in [5, 5.41) is 12.8. The van der Waals surface area contributed by atoms with Crippen molar-refractivity contribution in [3.8, 4) is 0 Å². The second-order valence-electron chi connectivity index (χ2n) is 5.21. The summed E-state index contributed by atoms with van der Waals surface area (Å²) in [5.74, 6) is 0.360. The fourth-order valence-electron chi connectivity index (χ4n) is 2.61. The van der Waals surface area contributed by atoms with Crippen LogP contribution in [-0.4, -0.2) is 16.1 Å². The first-order valence-electron chi connectivity index (χ1n) is 7.13. The number of amides is 1. The highest BCUT2D eigenvalue weighted by Crippen LogP contribution is 2.35. The smallest absolute Gasteiger partial charge is 0.258 e. The van der Waals surface area contributed by atoms with Crippen LogP contribution in [0.1, 0.15) is 53.4 Å². The van der Waals surface area contributed by atoms with E-state index in [2.05, 4.69) is 31.4 Å². The van der Waals surface area contributed by atoms with Crippen LogP contribution in [0, 0.1) is 0 Å². The Labute approximate surface area is 136 Å². The van der Waals surface area contributed by atoms with E-state index in [0.29, 0.717) is 16.6 Å². The maximum absolute atomic E-state index is 12.2. The molecule has 0 atom stereocenters. The molecule has 0 bridgehead atoms. The van der Waals surface area contributed by atoms with Gasteiger partial charge in [0.25, 0.3) is 5.91 Å². The molecule has 1 aliphatic rings.